The van der Waals surface area contributed by atoms with Crippen molar-refractivity contribution in [3.05, 3.63) is 81.9 Å². The molecule has 0 amide bonds. The van der Waals surface area contributed by atoms with Gasteiger partial charge in [0.1, 0.15) is 5.75 Å². The van der Waals surface area contributed by atoms with Crippen LogP contribution < -0.4 is 4.74 Å². The Hall–Kier alpha value is -2.85. The summed E-state index contributed by atoms with van der Waals surface area (Å²) in [5.41, 5.74) is 3.40. The molecule has 0 saturated heterocycles. The lowest BCUT2D eigenvalue weighted by Crippen LogP contribution is -2.27. The van der Waals surface area contributed by atoms with Crippen LogP contribution >= 0.6 is 11.6 Å². The summed E-state index contributed by atoms with van der Waals surface area (Å²) in [5, 5.41) is 10.3. The van der Waals surface area contributed by atoms with Gasteiger partial charge in [-0.25, -0.2) is 4.79 Å². The zero-order valence-electron chi connectivity index (χ0n) is 17.6. The average Bonchev–Trinajstić information content (AvgIpc) is 2.77. The molecule has 0 radical (unpaired) electrons. The van der Waals surface area contributed by atoms with E-state index in [4.69, 9.17) is 16.3 Å². The molecule has 162 valence electrons. The van der Waals surface area contributed by atoms with E-state index in [0.29, 0.717) is 29.2 Å². The molecule has 0 spiro atoms. The van der Waals surface area contributed by atoms with E-state index in [1.54, 1.807) is 30.3 Å². The van der Waals surface area contributed by atoms with E-state index in [1.807, 2.05) is 25.1 Å². The minimum absolute atomic E-state index is 0.243. The minimum atomic E-state index is -1.02. The number of hydrogen-bond donors (Lipinski definition) is 1. The SMILES string of the molecule is Cc1ccc(OC(CCC2=CCCCC2)C(=O)O)c(C(=O)/C=C/c2ccc(Cl)cc2)c1. The van der Waals surface area contributed by atoms with Crippen LogP contribution in [0.15, 0.2) is 60.2 Å². The molecule has 0 fully saturated rings. The average molecular weight is 439 g/mol. The molecular formula is C26H27ClO4. The van der Waals surface area contributed by atoms with E-state index >= 15 is 0 Å². The molecule has 1 atom stereocenters. The highest BCUT2D eigenvalue weighted by atomic mass is 35.5. The third-order valence-electron chi connectivity index (χ3n) is 5.36. The molecule has 5 heteroatoms. The third kappa shape index (κ3) is 6.83. The molecule has 0 aromatic heterocycles. The number of carboxylic acid groups (broad SMARTS) is 1. The second-order valence-electron chi connectivity index (χ2n) is 7.84. The van der Waals surface area contributed by atoms with Crippen molar-refractivity contribution >= 4 is 29.4 Å². The predicted octanol–water partition coefficient (Wildman–Crippen LogP) is 6.66. The summed E-state index contributed by atoms with van der Waals surface area (Å²) in [5.74, 6) is -0.971. The first-order chi connectivity index (χ1) is 14.9. The van der Waals surface area contributed by atoms with Crippen molar-refractivity contribution < 1.29 is 19.4 Å². The molecule has 0 bridgehead atoms. The third-order valence-corrected chi connectivity index (χ3v) is 5.61. The molecule has 0 heterocycles. The summed E-state index contributed by atoms with van der Waals surface area (Å²) < 4.78 is 5.84. The van der Waals surface area contributed by atoms with Gasteiger partial charge in [0, 0.05) is 5.02 Å². The standard InChI is InChI=1S/C26H27ClO4/c1-18-7-15-24(31-25(26(29)30)16-11-19-5-3-2-4-6-19)22(17-18)23(28)14-10-20-8-12-21(27)13-9-20/h5,7-10,12-15,17,25H,2-4,6,11,16H2,1H3,(H,29,30)/b14-10+. The molecule has 2 aromatic rings. The molecule has 1 N–H and O–H groups in total. The fraction of sp³-hybridized carbons (Fsp3) is 0.308. The molecule has 2 aromatic carbocycles. The maximum Gasteiger partial charge on any atom is 0.344 e. The maximum atomic E-state index is 12.9. The molecule has 1 aliphatic carbocycles. The van der Waals surface area contributed by atoms with Crippen molar-refractivity contribution in [3.8, 4) is 5.75 Å². The molecule has 0 saturated carbocycles. The molecule has 31 heavy (non-hydrogen) atoms. The van der Waals surface area contributed by atoms with E-state index in [9.17, 15) is 14.7 Å². The number of allylic oxidation sites excluding steroid dienone is 3. The smallest absolute Gasteiger partial charge is 0.344 e. The van der Waals surface area contributed by atoms with Crippen LogP contribution in [0.5, 0.6) is 5.75 Å². The fourth-order valence-corrected chi connectivity index (χ4v) is 3.73. The minimum Gasteiger partial charge on any atom is -0.479 e. The van der Waals surface area contributed by atoms with E-state index in [1.165, 1.54) is 18.1 Å². The number of benzene rings is 2. The Morgan fingerprint density at radius 3 is 2.61 bits per heavy atom. The number of carbonyl (C=O) groups excluding carboxylic acids is 1. The zero-order valence-corrected chi connectivity index (χ0v) is 18.4. The number of rotatable bonds is 9. The van der Waals surface area contributed by atoms with Gasteiger partial charge in [0.2, 0.25) is 0 Å². The lowest BCUT2D eigenvalue weighted by molar-refractivity contribution is -0.145. The number of carboxylic acids is 1. The Morgan fingerprint density at radius 2 is 1.94 bits per heavy atom. The van der Waals surface area contributed by atoms with E-state index in [2.05, 4.69) is 6.08 Å². The van der Waals surface area contributed by atoms with E-state index in [-0.39, 0.29) is 5.78 Å². The van der Waals surface area contributed by atoms with Gasteiger partial charge in [-0.05, 0) is 81.4 Å². The first-order valence-corrected chi connectivity index (χ1v) is 11.0. The van der Waals surface area contributed by atoms with Gasteiger partial charge in [0.05, 0.1) is 5.56 Å². The second-order valence-corrected chi connectivity index (χ2v) is 8.28. The molecule has 1 unspecified atom stereocenters. The number of ketones is 1. The topological polar surface area (TPSA) is 63.6 Å². The van der Waals surface area contributed by atoms with Crippen LogP contribution in [0.2, 0.25) is 5.02 Å². The highest BCUT2D eigenvalue weighted by Gasteiger charge is 2.22. The normalized spacial score (nSPS) is 14.8. The van der Waals surface area contributed by atoms with Crippen molar-refractivity contribution in [1.29, 1.82) is 0 Å². The first kappa shape index (κ1) is 22.8. The number of ether oxygens (including phenoxy) is 1. The Balaban J connectivity index is 1.75. The van der Waals surface area contributed by atoms with Gasteiger partial charge in [0.15, 0.2) is 11.9 Å². The van der Waals surface area contributed by atoms with Crippen LogP contribution in [0, 0.1) is 6.92 Å². The van der Waals surface area contributed by atoms with Crippen LogP contribution in [-0.4, -0.2) is 23.0 Å². The van der Waals surface area contributed by atoms with Gasteiger partial charge in [-0.2, -0.15) is 0 Å². The Kier molecular flexibility index (Phi) is 8.07. The zero-order chi connectivity index (χ0) is 22.2. The Morgan fingerprint density at radius 1 is 1.16 bits per heavy atom. The molecule has 1 aliphatic rings. The Labute approximate surface area is 188 Å². The van der Waals surface area contributed by atoms with Crippen LogP contribution in [0.3, 0.4) is 0 Å². The van der Waals surface area contributed by atoms with Crippen molar-refractivity contribution in [2.75, 3.05) is 0 Å². The van der Waals surface area contributed by atoms with E-state index in [0.717, 1.165) is 30.4 Å². The number of aliphatic carboxylic acids is 1. The van der Waals surface area contributed by atoms with Crippen LogP contribution in [0.1, 0.15) is 60.0 Å². The summed E-state index contributed by atoms with van der Waals surface area (Å²) in [6.07, 6.45) is 9.89. The maximum absolute atomic E-state index is 12.9. The number of aryl methyl sites for hydroxylation is 1. The van der Waals surface area contributed by atoms with Gasteiger partial charge in [0.25, 0.3) is 0 Å². The summed E-state index contributed by atoms with van der Waals surface area (Å²) in [4.78, 5) is 24.7. The molecule has 4 nitrogen and oxygen atoms in total. The van der Waals surface area contributed by atoms with Crippen molar-refractivity contribution in [2.45, 2.75) is 51.6 Å². The Bertz CT molecular complexity index is 989. The highest BCUT2D eigenvalue weighted by Crippen LogP contribution is 2.26. The molecular weight excluding hydrogens is 412 g/mol. The fourth-order valence-electron chi connectivity index (χ4n) is 3.61. The summed E-state index contributed by atoms with van der Waals surface area (Å²) >= 11 is 5.90. The van der Waals surface area contributed by atoms with Crippen molar-refractivity contribution in [1.82, 2.24) is 0 Å². The summed E-state index contributed by atoms with van der Waals surface area (Å²) in [6, 6.07) is 12.4. The van der Waals surface area contributed by atoms with Crippen LogP contribution in [0.25, 0.3) is 6.08 Å². The van der Waals surface area contributed by atoms with Gasteiger partial charge in [-0.1, -0.05) is 53.1 Å². The van der Waals surface area contributed by atoms with E-state index < -0.39 is 12.1 Å². The number of halogens is 1. The van der Waals surface area contributed by atoms with Gasteiger partial charge >= 0.3 is 5.97 Å². The largest absolute Gasteiger partial charge is 0.479 e. The van der Waals surface area contributed by atoms with Crippen LogP contribution in [0.4, 0.5) is 0 Å². The quantitative estimate of drug-likeness (QED) is 0.270. The predicted molar refractivity (Wildman–Crippen MR) is 124 cm³/mol. The second kappa shape index (κ2) is 11.0. The lowest BCUT2D eigenvalue weighted by atomic mass is 9.95. The summed E-state index contributed by atoms with van der Waals surface area (Å²) in [7, 11) is 0. The van der Waals surface area contributed by atoms with Crippen molar-refractivity contribution in [3.63, 3.8) is 0 Å². The summed E-state index contributed by atoms with van der Waals surface area (Å²) in [6.45, 7) is 1.88. The highest BCUT2D eigenvalue weighted by molar-refractivity contribution is 6.30. The lowest BCUT2D eigenvalue weighted by Gasteiger charge is -2.19. The number of hydrogen-bond acceptors (Lipinski definition) is 3. The van der Waals surface area contributed by atoms with Crippen molar-refractivity contribution in [2.24, 2.45) is 0 Å². The van der Waals surface area contributed by atoms with Crippen LogP contribution in [-0.2, 0) is 4.79 Å². The molecule has 3 rings (SSSR count). The van der Waals surface area contributed by atoms with Gasteiger partial charge < -0.3 is 9.84 Å². The monoisotopic (exact) mass is 438 g/mol. The first-order valence-electron chi connectivity index (χ1n) is 10.6. The number of carbonyl (C=O) groups is 2. The molecule has 0 aliphatic heterocycles. The van der Waals surface area contributed by atoms with Gasteiger partial charge in [-0.3, -0.25) is 4.79 Å². The van der Waals surface area contributed by atoms with Gasteiger partial charge in [-0.15, -0.1) is 0 Å².